The molecule has 4 aromatic rings. The molecule has 0 spiro atoms. The number of anilines is 1. The van der Waals surface area contributed by atoms with E-state index < -0.39 is 0 Å². The van der Waals surface area contributed by atoms with Crippen molar-refractivity contribution in [1.82, 2.24) is 34.1 Å². The molecule has 26 heavy (non-hydrogen) atoms. The first-order valence-corrected chi connectivity index (χ1v) is 7.90. The van der Waals surface area contributed by atoms with Gasteiger partial charge in [0.15, 0.2) is 11.3 Å². The Morgan fingerprint density at radius 1 is 1.12 bits per heavy atom. The Morgan fingerprint density at radius 2 is 1.88 bits per heavy atom. The number of fused-ring (bicyclic) bond motifs is 2. The van der Waals surface area contributed by atoms with Crippen molar-refractivity contribution in [1.29, 1.82) is 0 Å². The summed E-state index contributed by atoms with van der Waals surface area (Å²) in [6, 6.07) is 1.81. The van der Waals surface area contributed by atoms with Crippen LogP contribution in [-0.4, -0.2) is 40.0 Å². The molecule has 10 heteroatoms. The van der Waals surface area contributed by atoms with Crippen LogP contribution in [0.15, 0.2) is 29.6 Å². The third kappa shape index (κ3) is 2.51. The van der Waals surface area contributed by atoms with Crippen LogP contribution in [0.1, 0.15) is 5.69 Å². The van der Waals surface area contributed by atoms with Gasteiger partial charge in [-0.3, -0.25) is 23.5 Å². The summed E-state index contributed by atoms with van der Waals surface area (Å²) in [6.07, 6.45) is 4.35. The minimum atomic E-state index is -0.347. The molecule has 0 aliphatic rings. The Labute approximate surface area is 147 Å². The summed E-state index contributed by atoms with van der Waals surface area (Å²) in [5.41, 5.74) is 2.28. The zero-order valence-electron chi connectivity index (χ0n) is 14.5. The number of nitrogens with zero attached hydrogens (tertiary/aromatic N) is 7. The van der Waals surface area contributed by atoms with Crippen LogP contribution in [0.2, 0.25) is 0 Å². The lowest BCUT2D eigenvalue weighted by Crippen LogP contribution is -2.27. The molecule has 0 aliphatic carbocycles. The number of aryl methyl sites for hydroxylation is 3. The zero-order valence-corrected chi connectivity index (χ0v) is 14.5. The summed E-state index contributed by atoms with van der Waals surface area (Å²) < 4.78 is 4.45. The molecule has 0 aliphatic heterocycles. The summed E-state index contributed by atoms with van der Waals surface area (Å²) in [4.78, 5) is 33.2. The normalized spacial score (nSPS) is 11.3. The van der Waals surface area contributed by atoms with Crippen LogP contribution in [0.3, 0.4) is 0 Å². The second-order valence-electron chi connectivity index (χ2n) is 6.04. The summed E-state index contributed by atoms with van der Waals surface area (Å²) in [7, 11) is 3.52. The molecular weight excluding hydrogens is 336 g/mol. The van der Waals surface area contributed by atoms with Crippen molar-refractivity contribution in [2.24, 2.45) is 14.1 Å². The third-order valence-corrected chi connectivity index (χ3v) is 4.18. The Kier molecular flexibility index (Phi) is 3.53. The second-order valence-corrected chi connectivity index (χ2v) is 6.04. The van der Waals surface area contributed by atoms with Gasteiger partial charge in [-0.25, -0.2) is 9.97 Å². The Morgan fingerprint density at radius 3 is 2.69 bits per heavy atom. The highest BCUT2D eigenvalue weighted by Gasteiger charge is 2.12. The van der Waals surface area contributed by atoms with E-state index in [1.807, 2.05) is 20.0 Å². The number of aromatic nitrogens is 7. The van der Waals surface area contributed by atoms with E-state index in [1.165, 1.54) is 21.8 Å². The highest BCUT2D eigenvalue weighted by Crippen LogP contribution is 2.19. The Bertz CT molecular complexity index is 1220. The maximum atomic E-state index is 12.4. The van der Waals surface area contributed by atoms with Crippen LogP contribution in [0, 0.1) is 6.92 Å². The number of hydrogen-bond donors (Lipinski definition) is 1. The van der Waals surface area contributed by atoms with Gasteiger partial charge in [0, 0.05) is 19.5 Å². The van der Waals surface area contributed by atoms with Crippen molar-refractivity contribution in [2.75, 3.05) is 5.32 Å². The van der Waals surface area contributed by atoms with E-state index in [9.17, 15) is 9.59 Å². The molecule has 4 heterocycles. The number of pyridine rings is 1. The van der Waals surface area contributed by atoms with Gasteiger partial charge >= 0.3 is 0 Å². The average molecular weight is 352 g/mol. The number of carbonyl (C=O) groups excluding carboxylic acids is 1. The number of amides is 1. The summed E-state index contributed by atoms with van der Waals surface area (Å²) >= 11 is 0. The SMILES string of the molecule is Cc1nn(C)c2ncc(NC(=O)Cn3cnc4c(cnn4C)c3=O)cc12. The first kappa shape index (κ1) is 15.9. The predicted molar refractivity (Wildman–Crippen MR) is 94.6 cm³/mol. The molecule has 132 valence electrons. The topological polar surface area (TPSA) is 113 Å². The van der Waals surface area contributed by atoms with Gasteiger partial charge in [0.2, 0.25) is 5.91 Å². The van der Waals surface area contributed by atoms with Gasteiger partial charge in [-0.2, -0.15) is 10.2 Å². The predicted octanol–water partition coefficient (Wildman–Crippen LogP) is 0.359. The lowest BCUT2D eigenvalue weighted by molar-refractivity contribution is -0.116. The van der Waals surface area contributed by atoms with Gasteiger partial charge in [0.1, 0.15) is 18.3 Å². The van der Waals surface area contributed by atoms with Gasteiger partial charge in [-0.1, -0.05) is 0 Å². The molecule has 0 atom stereocenters. The van der Waals surface area contributed by atoms with Crippen LogP contribution < -0.4 is 10.9 Å². The number of rotatable bonds is 3. The van der Waals surface area contributed by atoms with Crippen LogP contribution in [-0.2, 0) is 25.4 Å². The molecule has 0 fully saturated rings. The first-order valence-electron chi connectivity index (χ1n) is 7.90. The minimum absolute atomic E-state index is 0.152. The minimum Gasteiger partial charge on any atom is -0.323 e. The molecule has 4 rings (SSSR count). The van der Waals surface area contributed by atoms with Crippen LogP contribution in [0.4, 0.5) is 5.69 Å². The largest absolute Gasteiger partial charge is 0.323 e. The van der Waals surface area contributed by atoms with Crippen molar-refractivity contribution in [3.8, 4) is 0 Å². The van der Waals surface area contributed by atoms with E-state index in [1.54, 1.807) is 17.9 Å². The highest BCUT2D eigenvalue weighted by atomic mass is 16.2. The smallest absolute Gasteiger partial charge is 0.264 e. The second kappa shape index (κ2) is 5.76. The fourth-order valence-corrected chi connectivity index (χ4v) is 2.91. The molecule has 1 N–H and O–H groups in total. The monoisotopic (exact) mass is 352 g/mol. The van der Waals surface area contributed by atoms with Crippen molar-refractivity contribution in [3.63, 3.8) is 0 Å². The summed E-state index contributed by atoms with van der Waals surface area (Å²) in [5, 5.41) is 12.3. The van der Waals surface area contributed by atoms with Crippen molar-refractivity contribution in [3.05, 3.63) is 40.8 Å². The molecule has 1 amide bonds. The van der Waals surface area contributed by atoms with Gasteiger partial charge in [0.05, 0.1) is 23.8 Å². The van der Waals surface area contributed by atoms with Crippen LogP contribution in [0.25, 0.3) is 22.1 Å². The fraction of sp³-hybridized carbons (Fsp3) is 0.250. The highest BCUT2D eigenvalue weighted by molar-refractivity contribution is 5.93. The molecule has 10 nitrogen and oxygen atoms in total. The van der Waals surface area contributed by atoms with Crippen LogP contribution >= 0.6 is 0 Å². The number of carbonyl (C=O) groups is 1. The lowest BCUT2D eigenvalue weighted by atomic mass is 10.2. The number of hydrogen-bond acceptors (Lipinski definition) is 6. The van der Waals surface area contributed by atoms with Gasteiger partial charge in [-0.15, -0.1) is 0 Å². The van der Waals surface area contributed by atoms with Crippen molar-refractivity contribution < 1.29 is 4.79 Å². The van der Waals surface area contributed by atoms with E-state index >= 15 is 0 Å². The standard InChI is InChI=1S/C16H16N8O2/c1-9-11-4-10(5-17-14(11)23(3)21-9)20-13(25)7-24-8-18-15-12(16(24)26)6-19-22(15)2/h4-6,8H,7H2,1-3H3,(H,20,25). The van der Waals surface area contributed by atoms with Crippen molar-refractivity contribution >= 4 is 33.7 Å². The molecule has 0 saturated carbocycles. The van der Waals surface area contributed by atoms with Crippen LogP contribution in [0.5, 0.6) is 0 Å². The Hall–Kier alpha value is -3.56. The molecule has 0 unspecified atom stereocenters. The Balaban J connectivity index is 1.58. The van der Waals surface area contributed by atoms with E-state index in [0.29, 0.717) is 16.7 Å². The molecule has 0 saturated heterocycles. The van der Waals surface area contributed by atoms with Gasteiger partial charge in [-0.05, 0) is 13.0 Å². The fourth-order valence-electron chi connectivity index (χ4n) is 2.91. The first-order chi connectivity index (χ1) is 12.4. The maximum absolute atomic E-state index is 12.4. The third-order valence-electron chi connectivity index (χ3n) is 4.18. The van der Waals surface area contributed by atoms with Gasteiger partial charge < -0.3 is 5.32 Å². The lowest BCUT2D eigenvalue weighted by Gasteiger charge is -2.07. The summed E-state index contributed by atoms with van der Waals surface area (Å²) in [6.45, 7) is 1.73. The molecule has 0 aromatic carbocycles. The quantitative estimate of drug-likeness (QED) is 0.570. The van der Waals surface area contributed by atoms with E-state index in [0.717, 1.165) is 16.7 Å². The molecular formula is C16H16N8O2. The van der Waals surface area contributed by atoms with E-state index in [2.05, 4.69) is 25.5 Å². The molecule has 0 bridgehead atoms. The average Bonchev–Trinajstić information content (AvgIpc) is 3.11. The maximum Gasteiger partial charge on any atom is 0.264 e. The zero-order chi connectivity index (χ0) is 18.4. The molecule has 0 radical (unpaired) electrons. The van der Waals surface area contributed by atoms with Gasteiger partial charge in [0.25, 0.3) is 5.56 Å². The van der Waals surface area contributed by atoms with Crippen molar-refractivity contribution in [2.45, 2.75) is 13.5 Å². The van der Waals surface area contributed by atoms with E-state index in [-0.39, 0.29) is 18.0 Å². The molecule has 4 aromatic heterocycles. The van der Waals surface area contributed by atoms with E-state index in [4.69, 9.17) is 0 Å². The summed E-state index contributed by atoms with van der Waals surface area (Å²) in [5.74, 6) is -0.347. The number of nitrogens with one attached hydrogen (secondary N) is 1.